The van der Waals surface area contributed by atoms with E-state index in [2.05, 4.69) is 5.32 Å². The van der Waals surface area contributed by atoms with Crippen LogP contribution in [0.3, 0.4) is 0 Å². The maximum Gasteiger partial charge on any atom is 0.276 e. The zero-order valence-corrected chi connectivity index (χ0v) is 13.2. The molecule has 0 amide bonds. The lowest BCUT2D eigenvalue weighted by atomic mass is 10.1. The van der Waals surface area contributed by atoms with E-state index in [4.69, 9.17) is 4.42 Å². The number of rotatable bonds is 5. The van der Waals surface area contributed by atoms with Crippen molar-refractivity contribution in [2.24, 2.45) is 0 Å². The Hall–Kier alpha value is -0.850. The molecule has 2 heterocycles. The molecule has 118 valence electrons. The molecule has 1 aliphatic carbocycles. The average Bonchev–Trinajstić information content (AvgIpc) is 3.11. The molecular weight excluding hydrogens is 288 g/mol. The summed E-state index contributed by atoms with van der Waals surface area (Å²) < 4.78 is 32.4. The number of hydrogen-bond acceptors (Lipinski definition) is 4. The van der Waals surface area contributed by atoms with Crippen LogP contribution in [0.15, 0.2) is 21.6 Å². The average molecular weight is 312 g/mol. The van der Waals surface area contributed by atoms with Crippen molar-refractivity contribution in [3.05, 3.63) is 17.9 Å². The quantitative estimate of drug-likeness (QED) is 0.907. The third-order valence-corrected chi connectivity index (χ3v) is 5.96. The third kappa shape index (κ3) is 3.87. The Morgan fingerprint density at radius 2 is 1.76 bits per heavy atom. The number of hydrogen-bond donors (Lipinski definition) is 1. The van der Waals surface area contributed by atoms with E-state index in [-0.39, 0.29) is 5.09 Å². The van der Waals surface area contributed by atoms with Gasteiger partial charge in [0.15, 0.2) is 0 Å². The third-order valence-electron chi connectivity index (χ3n) is 4.19. The zero-order valence-electron chi connectivity index (χ0n) is 12.4. The lowest BCUT2D eigenvalue weighted by Gasteiger charge is -2.22. The minimum atomic E-state index is -3.46. The number of nitrogens with one attached hydrogen (secondary N) is 1. The number of nitrogens with zero attached hydrogens (tertiary/aromatic N) is 1. The lowest BCUT2D eigenvalue weighted by molar-refractivity contribution is 0.339. The second-order valence-corrected chi connectivity index (χ2v) is 7.92. The van der Waals surface area contributed by atoms with Crippen molar-refractivity contribution in [1.29, 1.82) is 0 Å². The minimum absolute atomic E-state index is 0.0932. The molecule has 2 fully saturated rings. The SMILES string of the molecule is O=S(=O)(c1ccc(CNC2CC2)o1)N1CCCCCCC1. The van der Waals surface area contributed by atoms with Gasteiger partial charge >= 0.3 is 0 Å². The molecule has 0 radical (unpaired) electrons. The molecule has 1 aromatic heterocycles. The molecule has 1 N–H and O–H groups in total. The Bertz CT molecular complexity index is 555. The van der Waals surface area contributed by atoms with E-state index >= 15 is 0 Å². The summed E-state index contributed by atoms with van der Waals surface area (Å²) in [6, 6.07) is 3.95. The molecule has 1 aliphatic heterocycles. The van der Waals surface area contributed by atoms with Gasteiger partial charge in [-0.1, -0.05) is 19.3 Å². The van der Waals surface area contributed by atoms with Gasteiger partial charge in [0, 0.05) is 19.1 Å². The highest BCUT2D eigenvalue weighted by Crippen LogP contribution is 2.23. The van der Waals surface area contributed by atoms with E-state index < -0.39 is 10.0 Å². The molecule has 0 spiro atoms. The predicted molar refractivity (Wildman–Crippen MR) is 80.4 cm³/mol. The fraction of sp³-hybridized carbons (Fsp3) is 0.733. The summed E-state index contributed by atoms with van der Waals surface area (Å²) in [5.41, 5.74) is 0. The summed E-state index contributed by atoms with van der Waals surface area (Å²) in [5.74, 6) is 0.701. The first-order valence-corrected chi connectivity index (χ1v) is 9.42. The standard InChI is InChI=1S/C15H24N2O3S/c18-21(19,17-10-4-2-1-3-5-11-17)15-9-8-14(20-15)12-16-13-6-7-13/h8-9,13,16H,1-7,10-12H2. The minimum Gasteiger partial charge on any atom is -0.447 e. The smallest absolute Gasteiger partial charge is 0.276 e. The van der Waals surface area contributed by atoms with Crippen LogP contribution in [0.2, 0.25) is 0 Å². The Kier molecular flexibility index (Phi) is 4.66. The molecule has 21 heavy (non-hydrogen) atoms. The van der Waals surface area contributed by atoms with E-state index in [0.29, 0.717) is 31.4 Å². The van der Waals surface area contributed by atoms with Crippen molar-refractivity contribution in [3.8, 4) is 0 Å². The summed E-state index contributed by atoms with van der Waals surface area (Å²) in [6.45, 7) is 1.83. The topological polar surface area (TPSA) is 62.6 Å². The van der Waals surface area contributed by atoms with Crippen LogP contribution in [-0.4, -0.2) is 31.9 Å². The molecule has 5 nitrogen and oxygen atoms in total. The highest BCUT2D eigenvalue weighted by molar-refractivity contribution is 7.89. The number of furan rings is 1. The second-order valence-electron chi connectivity index (χ2n) is 6.05. The van der Waals surface area contributed by atoms with Gasteiger partial charge in [0.25, 0.3) is 10.0 Å². The van der Waals surface area contributed by atoms with Crippen LogP contribution in [-0.2, 0) is 16.6 Å². The van der Waals surface area contributed by atoms with Crippen LogP contribution < -0.4 is 5.32 Å². The summed E-state index contributed by atoms with van der Waals surface area (Å²) in [6.07, 6.45) is 7.73. The fourth-order valence-electron chi connectivity index (χ4n) is 2.71. The molecule has 0 aromatic carbocycles. The van der Waals surface area contributed by atoms with Crippen LogP contribution in [0.25, 0.3) is 0 Å². The Labute approximate surface area is 126 Å². The largest absolute Gasteiger partial charge is 0.447 e. The Balaban J connectivity index is 1.67. The van der Waals surface area contributed by atoms with Gasteiger partial charge in [-0.3, -0.25) is 0 Å². The van der Waals surface area contributed by atoms with E-state index in [9.17, 15) is 8.42 Å². The molecule has 3 rings (SSSR count). The van der Waals surface area contributed by atoms with Crippen LogP contribution in [0.1, 0.15) is 50.7 Å². The maximum absolute atomic E-state index is 12.6. The van der Waals surface area contributed by atoms with Crippen LogP contribution in [0.5, 0.6) is 0 Å². The normalized spacial score (nSPS) is 21.9. The highest BCUT2D eigenvalue weighted by atomic mass is 32.2. The van der Waals surface area contributed by atoms with Gasteiger partial charge in [-0.05, 0) is 37.8 Å². The number of sulfonamides is 1. The van der Waals surface area contributed by atoms with Crippen molar-refractivity contribution in [2.45, 2.75) is 62.6 Å². The molecule has 0 unspecified atom stereocenters. The van der Waals surface area contributed by atoms with Crippen LogP contribution >= 0.6 is 0 Å². The Morgan fingerprint density at radius 1 is 1.10 bits per heavy atom. The van der Waals surface area contributed by atoms with Crippen molar-refractivity contribution >= 4 is 10.0 Å². The van der Waals surface area contributed by atoms with Crippen LogP contribution in [0, 0.1) is 0 Å². The first-order chi connectivity index (χ1) is 10.2. The van der Waals surface area contributed by atoms with Gasteiger partial charge in [0.05, 0.1) is 6.54 Å². The molecule has 0 atom stereocenters. The summed E-state index contributed by atoms with van der Waals surface area (Å²) >= 11 is 0. The first kappa shape index (κ1) is 15.1. The zero-order chi connectivity index (χ0) is 14.7. The van der Waals surface area contributed by atoms with E-state index in [1.54, 1.807) is 16.4 Å². The van der Waals surface area contributed by atoms with E-state index in [1.807, 2.05) is 0 Å². The monoisotopic (exact) mass is 312 g/mol. The molecule has 2 aliphatic rings. The van der Waals surface area contributed by atoms with E-state index in [1.165, 1.54) is 19.3 Å². The lowest BCUT2D eigenvalue weighted by Crippen LogP contribution is -2.33. The molecule has 1 saturated heterocycles. The molecule has 6 heteroatoms. The van der Waals surface area contributed by atoms with Crippen molar-refractivity contribution in [3.63, 3.8) is 0 Å². The molecule has 0 bridgehead atoms. The highest BCUT2D eigenvalue weighted by Gasteiger charge is 2.28. The van der Waals surface area contributed by atoms with Gasteiger partial charge < -0.3 is 9.73 Å². The summed E-state index contributed by atoms with van der Waals surface area (Å²) in [5, 5.41) is 3.43. The molecule has 1 aromatic rings. The molecule has 1 saturated carbocycles. The first-order valence-electron chi connectivity index (χ1n) is 7.98. The van der Waals surface area contributed by atoms with Crippen molar-refractivity contribution < 1.29 is 12.8 Å². The summed E-state index contributed by atoms with van der Waals surface area (Å²) in [7, 11) is -3.46. The van der Waals surface area contributed by atoms with Gasteiger partial charge in [-0.25, -0.2) is 8.42 Å². The van der Waals surface area contributed by atoms with Gasteiger partial charge in [-0.2, -0.15) is 4.31 Å². The van der Waals surface area contributed by atoms with Gasteiger partial charge in [0.1, 0.15) is 5.76 Å². The maximum atomic E-state index is 12.6. The van der Waals surface area contributed by atoms with Crippen LogP contribution in [0.4, 0.5) is 0 Å². The molecular formula is C15H24N2O3S. The predicted octanol–water partition coefficient (Wildman–Crippen LogP) is 2.49. The fourth-order valence-corrected chi connectivity index (χ4v) is 4.16. The summed E-state index contributed by atoms with van der Waals surface area (Å²) in [4.78, 5) is 0. The van der Waals surface area contributed by atoms with Crippen molar-refractivity contribution in [1.82, 2.24) is 9.62 Å². The van der Waals surface area contributed by atoms with Crippen molar-refractivity contribution in [2.75, 3.05) is 13.1 Å². The van der Waals surface area contributed by atoms with Gasteiger partial charge in [-0.15, -0.1) is 0 Å². The second kappa shape index (κ2) is 6.50. The Morgan fingerprint density at radius 3 is 2.43 bits per heavy atom. The van der Waals surface area contributed by atoms with E-state index in [0.717, 1.165) is 25.7 Å². The van der Waals surface area contributed by atoms with Gasteiger partial charge in [0.2, 0.25) is 5.09 Å².